The topological polar surface area (TPSA) is 63.7 Å². The number of carbonyl (C=O) groups is 1. The molecule has 21 heavy (non-hydrogen) atoms. The molecule has 3 rings (SSSR count). The van der Waals surface area contributed by atoms with Gasteiger partial charge in [0.05, 0.1) is 18.1 Å². The zero-order chi connectivity index (χ0) is 15.0. The van der Waals surface area contributed by atoms with Gasteiger partial charge in [-0.1, -0.05) is 0 Å². The summed E-state index contributed by atoms with van der Waals surface area (Å²) in [5.41, 5.74) is 1.67. The van der Waals surface area contributed by atoms with Gasteiger partial charge in [-0.25, -0.2) is 8.42 Å². The van der Waals surface area contributed by atoms with Crippen molar-refractivity contribution in [3.8, 4) is 5.75 Å². The Morgan fingerprint density at radius 3 is 2.90 bits per heavy atom. The van der Waals surface area contributed by atoms with Crippen molar-refractivity contribution in [3.63, 3.8) is 0 Å². The Balaban J connectivity index is 1.82. The lowest BCUT2D eigenvalue weighted by Gasteiger charge is -2.27. The van der Waals surface area contributed by atoms with Crippen molar-refractivity contribution in [1.29, 1.82) is 0 Å². The van der Waals surface area contributed by atoms with Gasteiger partial charge in [-0.2, -0.15) is 0 Å². The van der Waals surface area contributed by atoms with Crippen molar-refractivity contribution in [2.24, 2.45) is 0 Å². The summed E-state index contributed by atoms with van der Waals surface area (Å²) in [7, 11) is -2.99. The Morgan fingerprint density at radius 1 is 1.43 bits per heavy atom. The largest absolute Gasteiger partial charge is 0.493 e. The fraction of sp³-hybridized carbons (Fsp3) is 0.533. The van der Waals surface area contributed by atoms with Crippen LogP contribution in [-0.2, 0) is 16.3 Å². The van der Waals surface area contributed by atoms with Crippen LogP contribution >= 0.6 is 0 Å². The summed E-state index contributed by atoms with van der Waals surface area (Å²) < 4.78 is 28.7. The Labute approximate surface area is 124 Å². The molecule has 114 valence electrons. The number of sulfone groups is 1. The zero-order valence-electron chi connectivity index (χ0n) is 12.0. The van der Waals surface area contributed by atoms with Crippen LogP contribution in [0.4, 0.5) is 0 Å². The fourth-order valence-corrected chi connectivity index (χ4v) is 4.80. The van der Waals surface area contributed by atoms with Crippen LogP contribution in [0.1, 0.15) is 29.3 Å². The first kappa shape index (κ1) is 14.4. The molecule has 1 aromatic rings. The second-order valence-corrected chi connectivity index (χ2v) is 7.80. The van der Waals surface area contributed by atoms with Gasteiger partial charge in [-0.15, -0.1) is 0 Å². The second-order valence-electron chi connectivity index (χ2n) is 5.57. The highest BCUT2D eigenvalue weighted by Crippen LogP contribution is 2.27. The highest BCUT2D eigenvalue weighted by molar-refractivity contribution is 7.91. The normalized spacial score (nSPS) is 22.6. The van der Waals surface area contributed by atoms with Crippen molar-refractivity contribution in [2.75, 3.05) is 24.7 Å². The Morgan fingerprint density at radius 2 is 2.24 bits per heavy atom. The van der Waals surface area contributed by atoms with Crippen LogP contribution in [0.15, 0.2) is 18.2 Å². The lowest BCUT2D eigenvalue weighted by atomic mass is 10.1. The Bertz CT molecular complexity index is 668. The SMILES string of the molecule is CCN(C(=O)c1ccc2c(c1)CCO2)C1CCS(=O)(=O)C1. The van der Waals surface area contributed by atoms with E-state index in [0.29, 0.717) is 25.1 Å². The van der Waals surface area contributed by atoms with Crippen LogP contribution < -0.4 is 4.74 Å². The highest BCUT2D eigenvalue weighted by atomic mass is 32.2. The minimum Gasteiger partial charge on any atom is -0.493 e. The van der Waals surface area contributed by atoms with E-state index in [0.717, 1.165) is 17.7 Å². The lowest BCUT2D eigenvalue weighted by Crippen LogP contribution is -2.41. The predicted molar refractivity (Wildman–Crippen MR) is 79.4 cm³/mol. The molecule has 0 saturated carbocycles. The second kappa shape index (κ2) is 5.33. The summed E-state index contributed by atoms with van der Waals surface area (Å²) in [6.07, 6.45) is 1.36. The molecule has 1 amide bonds. The number of amides is 1. The molecule has 0 N–H and O–H groups in total. The van der Waals surface area contributed by atoms with E-state index in [2.05, 4.69) is 0 Å². The van der Waals surface area contributed by atoms with Crippen molar-refractivity contribution >= 4 is 15.7 Å². The van der Waals surface area contributed by atoms with Gasteiger partial charge < -0.3 is 9.64 Å². The number of carbonyl (C=O) groups excluding carboxylic acids is 1. The lowest BCUT2D eigenvalue weighted by molar-refractivity contribution is 0.0708. The van der Waals surface area contributed by atoms with Crippen molar-refractivity contribution in [3.05, 3.63) is 29.3 Å². The molecule has 5 nitrogen and oxygen atoms in total. The monoisotopic (exact) mass is 309 g/mol. The van der Waals surface area contributed by atoms with E-state index in [1.165, 1.54) is 0 Å². The number of rotatable bonds is 3. The molecule has 1 saturated heterocycles. The summed E-state index contributed by atoms with van der Waals surface area (Å²) in [6.45, 7) is 3.07. The predicted octanol–water partition coefficient (Wildman–Crippen LogP) is 1.27. The van der Waals surface area contributed by atoms with Gasteiger partial charge in [0.1, 0.15) is 5.75 Å². The molecule has 2 aliphatic rings. The van der Waals surface area contributed by atoms with Crippen molar-refractivity contribution in [2.45, 2.75) is 25.8 Å². The molecule has 0 aromatic heterocycles. The molecule has 0 radical (unpaired) electrons. The standard InChI is InChI=1S/C15H19NO4S/c1-2-16(13-6-8-21(18,19)10-13)15(17)12-3-4-14-11(9-12)5-7-20-14/h3-4,9,13H,2,5-8,10H2,1H3. The van der Waals surface area contributed by atoms with E-state index in [-0.39, 0.29) is 23.5 Å². The van der Waals surface area contributed by atoms with Gasteiger partial charge >= 0.3 is 0 Å². The van der Waals surface area contributed by atoms with Gasteiger partial charge in [0.25, 0.3) is 5.91 Å². The summed E-state index contributed by atoms with van der Waals surface area (Å²) >= 11 is 0. The summed E-state index contributed by atoms with van der Waals surface area (Å²) in [4.78, 5) is 14.3. The van der Waals surface area contributed by atoms with Crippen LogP contribution in [0.5, 0.6) is 5.75 Å². The third-order valence-electron chi connectivity index (χ3n) is 4.19. The molecule has 1 fully saturated rings. The maximum atomic E-state index is 12.7. The first-order valence-electron chi connectivity index (χ1n) is 7.27. The zero-order valence-corrected chi connectivity index (χ0v) is 12.9. The summed E-state index contributed by atoms with van der Waals surface area (Å²) in [6, 6.07) is 5.27. The molecule has 1 atom stereocenters. The molecular formula is C15H19NO4S. The number of hydrogen-bond acceptors (Lipinski definition) is 4. The minimum atomic E-state index is -2.99. The molecule has 2 heterocycles. The highest BCUT2D eigenvalue weighted by Gasteiger charge is 2.34. The fourth-order valence-electron chi connectivity index (χ4n) is 3.07. The van der Waals surface area contributed by atoms with E-state index >= 15 is 0 Å². The summed E-state index contributed by atoms with van der Waals surface area (Å²) in [5.74, 6) is 1.02. The number of benzene rings is 1. The van der Waals surface area contributed by atoms with Crippen molar-refractivity contribution < 1.29 is 17.9 Å². The molecule has 1 aromatic carbocycles. The van der Waals surface area contributed by atoms with Crippen LogP contribution in [0.3, 0.4) is 0 Å². The molecule has 1 unspecified atom stereocenters. The first-order valence-corrected chi connectivity index (χ1v) is 9.09. The van der Waals surface area contributed by atoms with E-state index in [1.807, 2.05) is 19.1 Å². The smallest absolute Gasteiger partial charge is 0.254 e. The van der Waals surface area contributed by atoms with Gasteiger partial charge in [-0.05, 0) is 37.1 Å². The quantitative estimate of drug-likeness (QED) is 0.843. The molecule has 6 heteroatoms. The molecule has 0 aliphatic carbocycles. The van der Waals surface area contributed by atoms with Crippen LogP contribution in [0.25, 0.3) is 0 Å². The van der Waals surface area contributed by atoms with E-state index in [9.17, 15) is 13.2 Å². The maximum absolute atomic E-state index is 12.7. The third-order valence-corrected chi connectivity index (χ3v) is 5.94. The number of fused-ring (bicyclic) bond motifs is 1. The summed E-state index contributed by atoms with van der Waals surface area (Å²) in [5, 5.41) is 0. The molecular weight excluding hydrogens is 290 g/mol. The average molecular weight is 309 g/mol. The van der Waals surface area contributed by atoms with Crippen molar-refractivity contribution in [1.82, 2.24) is 4.90 Å². The third kappa shape index (κ3) is 2.77. The number of ether oxygens (including phenoxy) is 1. The van der Waals surface area contributed by atoms with Gasteiger partial charge in [-0.3, -0.25) is 4.79 Å². The van der Waals surface area contributed by atoms with Gasteiger partial charge in [0, 0.05) is 24.6 Å². The molecule has 0 spiro atoms. The van der Waals surface area contributed by atoms with E-state index in [1.54, 1.807) is 11.0 Å². The maximum Gasteiger partial charge on any atom is 0.254 e. The van der Waals surface area contributed by atoms with Gasteiger partial charge in [0.15, 0.2) is 9.84 Å². The molecule has 0 bridgehead atoms. The van der Waals surface area contributed by atoms with E-state index < -0.39 is 9.84 Å². The number of nitrogens with zero attached hydrogens (tertiary/aromatic N) is 1. The van der Waals surface area contributed by atoms with Gasteiger partial charge in [0.2, 0.25) is 0 Å². The Hall–Kier alpha value is -1.56. The van der Waals surface area contributed by atoms with Crippen LogP contribution in [0, 0.1) is 0 Å². The number of hydrogen-bond donors (Lipinski definition) is 0. The minimum absolute atomic E-state index is 0.0840. The van der Waals surface area contributed by atoms with E-state index in [4.69, 9.17) is 4.74 Å². The molecule has 2 aliphatic heterocycles. The van der Waals surface area contributed by atoms with Crippen LogP contribution in [-0.4, -0.2) is 49.9 Å². The Kier molecular flexibility index (Phi) is 3.65. The average Bonchev–Trinajstić information content (AvgIpc) is 3.05. The first-order chi connectivity index (χ1) is 10.00. The van der Waals surface area contributed by atoms with Crippen LogP contribution in [0.2, 0.25) is 0 Å².